The number of thiazole rings is 1. The molecule has 16 heavy (non-hydrogen) atoms. The summed E-state index contributed by atoms with van der Waals surface area (Å²) in [6.07, 6.45) is 0.817. The number of aldehydes is 1. The minimum Gasteiger partial charge on any atom is -0.488 e. The number of ether oxygens (including phenoxy) is 1. The standard InChI is InChI=1S/C12H11NO2S/c1-9-12(16-8-13-9)7-15-11-4-2-10(6-14)3-5-11/h2-6,8H,7H2,1H3. The van der Waals surface area contributed by atoms with E-state index in [1.165, 1.54) is 0 Å². The zero-order valence-electron chi connectivity index (χ0n) is 8.84. The number of hydrogen-bond acceptors (Lipinski definition) is 4. The molecule has 0 N–H and O–H groups in total. The molecular weight excluding hydrogens is 222 g/mol. The van der Waals surface area contributed by atoms with Crippen LogP contribution in [-0.4, -0.2) is 11.3 Å². The largest absolute Gasteiger partial charge is 0.488 e. The summed E-state index contributed by atoms with van der Waals surface area (Å²) in [6, 6.07) is 7.06. The molecule has 0 spiro atoms. The molecule has 1 aromatic heterocycles. The highest BCUT2D eigenvalue weighted by molar-refractivity contribution is 7.09. The predicted molar refractivity (Wildman–Crippen MR) is 63.0 cm³/mol. The lowest BCUT2D eigenvalue weighted by atomic mass is 10.2. The average molecular weight is 233 g/mol. The molecule has 0 amide bonds. The van der Waals surface area contributed by atoms with Crippen LogP contribution < -0.4 is 4.74 Å². The molecule has 4 heteroatoms. The number of nitrogens with zero attached hydrogens (tertiary/aromatic N) is 1. The first kappa shape index (κ1) is 10.8. The highest BCUT2D eigenvalue weighted by Crippen LogP contribution is 2.17. The summed E-state index contributed by atoms with van der Waals surface area (Å²) in [4.78, 5) is 15.7. The Morgan fingerprint density at radius 2 is 2.12 bits per heavy atom. The van der Waals surface area contributed by atoms with Gasteiger partial charge in [0, 0.05) is 5.56 Å². The van der Waals surface area contributed by atoms with Crippen LogP contribution in [0.25, 0.3) is 0 Å². The summed E-state index contributed by atoms with van der Waals surface area (Å²) >= 11 is 1.58. The minimum atomic E-state index is 0.525. The van der Waals surface area contributed by atoms with E-state index in [1.807, 2.05) is 12.4 Å². The third-order valence-electron chi connectivity index (χ3n) is 2.23. The fourth-order valence-corrected chi connectivity index (χ4v) is 1.94. The van der Waals surface area contributed by atoms with Crippen molar-refractivity contribution in [2.45, 2.75) is 13.5 Å². The summed E-state index contributed by atoms with van der Waals surface area (Å²) in [5.74, 6) is 0.762. The van der Waals surface area contributed by atoms with E-state index in [2.05, 4.69) is 4.98 Å². The molecule has 2 rings (SSSR count). The zero-order chi connectivity index (χ0) is 11.4. The van der Waals surface area contributed by atoms with Crippen molar-refractivity contribution in [1.29, 1.82) is 0 Å². The van der Waals surface area contributed by atoms with Gasteiger partial charge < -0.3 is 4.74 Å². The smallest absolute Gasteiger partial charge is 0.150 e. The highest BCUT2D eigenvalue weighted by Gasteiger charge is 2.02. The number of aromatic nitrogens is 1. The van der Waals surface area contributed by atoms with Crippen molar-refractivity contribution in [3.8, 4) is 5.75 Å². The Hall–Kier alpha value is -1.68. The van der Waals surface area contributed by atoms with Gasteiger partial charge in [0.15, 0.2) is 0 Å². The minimum absolute atomic E-state index is 0.525. The molecule has 2 aromatic rings. The van der Waals surface area contributed by atoms with Crippen LogP contribution in [0.3, 0.4) is 0 Å². The molecule has 0 bridgehead atoms. The first-order valence-electron chi connectivity index (χ1n) is 4.86. The number of hydrogen-bond donors (Lipinski definition) is 0. The van der Waals surface area contributed by atoms with E-state index in [4.69, 9.17) is 4.74 Å². The van der Waals surface area contributed by atoms with Crippen LogP contribution in [-0.2, 0) is 6.61 Å². The Labute approximate surface area is 97.7 Å². The first-order chi connectivity index (χ1) is 7.79. The van der Waals surface area contributed by atoms with Gasteiger partial charge >= 0.3 is 0 Å². The van der Waals surface area contributed by atoms with E-state index in [9.17, 15) is 4.79 Å². The van der Waals surface area contributed by atoms with E-state index >= 15 is 0 Å². The second-order valence-corrected chi connectivity index (χ2v) is 4.28. The van der Waals surface area contributed by atoms with Gasteiger partial charge in [-0.3, -0.25) is 4.79 Å². The topological polar surface area (TPSA) is 39.2 Å². The monoisotopic (exact) mass is 233 g/mol. The van der Waals surface area contributed by atoms with Crippen LogP contribution in [0, 0.1) is 6.92 Å². The van der Waals surface area contributed by atoms with Gasteiger partial charge in [-0.2, -0.15) is 0 Å². The Morgan fingerprint density at radius 1 is 1.38 bits per heavy atom. The van der Waals surface area contributed by atoms with E-state index in [0.29, 0.717) is 12.2 Å². The fraction of sp³-hybridized carbons (Fsp3) is 0.167. The van der Waals surface area contributed by atoms with Crippen molar-refractivity contribution in [3.63, 3.8) is 0 Å². The van der Waals surface area contributed by atoms with Gasteiger partial charge in [-0.1, -0.05) is 0 Å². The molecule has 1 aromatic carbocycles. The van der Waals surface area contributed by atoms with Gasteiger partial charge in [0.2, 0.25) is 0 Å². The van der Waals surface area contributed by atoms with E-state index in [1.54, 1.807) is 35.6 Å². The summed E-state index contributed by atoms with van der Waals surface area (Å²) < 4.78 is 5.59. The molecule has 0 unspecified atom stereocenters. The van der Waals surface area contributed by atoms with Crippen molar-refractivity contribution in [3.05, 3.63) is 45.9 Å². The second kappa shape index (κ2) is 4.90. The number of rotatable bonds is 4. The lowest BCUT2D eigenvalue weighted by molar-refractivity contribution is 0.112. The SMILES string of the molecule is Cc1ncsc1COc1ccc(C=O)cc1. The van der Waals surface area contributed by atoms with Gasteiger partial charge in [0.1, 0.15) is 18.6 Å². The van der Waals surface area contributed by atoms with Crippen LogP contribution in [0.4, 0.5) is 0 Å². The van der Waals surface area contributed by atoms with E-state index in [-0.39, 0.29) is 0 Å². The van der Waals surface area contributed by atoms with Crippen molar-refractivity contribution >= 4 is 17.6 Å². The Bertz CT molecular complexity index is 476. The molecule has 0 aliphatic carbocycles. The number of carbonyl (C=O) groups is 1. The normalized spacial score (nSPS) is 10.1. The zero-order valence-corrected chi connectivity index (χ0v) is 9.66. The molecule has 0 atom stereocenters. The summed E-state index contributed by atoms with van der Waals surface area (Å²) in [5.41, 5.74) is 3.47. The molecule has 0 aliphatic rings. The molecule has 0 saturated heterocycles. The van der Waals surface area contributed by atoms with Crippen molar-refractivity contribution in [2.75, 3.05) is 0 Å². The maximum atomic E-state index is 10.5. The van der Waals surface area contributed by atoms with Crippen LogP contribution in [0.15, 0.2) is 29.8 Å². The molecule has 82 valence electrons. The number of aryl methyl sites for hydroxylation is 1. The van der Waals surface area contributed by atoms with Gasteiger partial charge in [0.25, 0.3) is 0 Å². The van der Waals surface area contributed by atoms with Gasteiger partial charge in [-0.05, 0) is 31.2 Å². The van der Waals surface area contributed by atoms with Crippen molar-refractivity contribution in [1.82, 2.24) is 4.98 Å². The molecular formula is C12H11NO2S. The molecule has 3 nitrogen and oxygen atoms in total. The van der Waals surface area contributed by atoms with Gasteiger partial charge in [-0.15, -0.1) is 11.3 Å². The van der Waals surface area contributed by atoms with Crippen molar-refractivity contribution in [2.24, 2.45) is 0 Å². The third-order valence-corrected chi connectivity index (χ3v) is 3.14. The summed E-state index contributed by atoms with van der Waals surface area (Å²) in [6.45, 7) is 2.49. The van der Waals surface area contributed by atoms with E-state index in [0.717, 1.165) is 22.6 Å². The molecule has 0 aliphatic heterocycles. The molecule has 0 fully saturated rings. The highest BCUT2D eigenvalue weighted by atomic mass is 32.1. The Morgan fingerprint density at radius 3 is 2.69 bits per heavy atom. The number of carbonyl (C=O) groups excluding carboxylic acids is 1. The predicted octanol–water partition coefficient (Wildman–Crippen LogP) is 2.84. The van der Waals surface area contributed by atoms with Gasteiger partial charge in [0.05, 0.1) is 16.1 Å². The van der Waals surface area contributed by atoms with Crippen LogP contribution in [0.5, 0.6) is 5.75 Å². The fourth-order valence-electron chi connectivity index (χ4n) is 1.26. The third kappa shape index (κ3) is 2.46. The maximum Gasteiger partial charge on any atom is 0.150 e. The second-order valence-electron chi connectivity index (χ2n) is 3.34. The lowest BCUT2D eigenvalue weighted by Gasteiger charge is -2.04. The van der Waals surface area contributed by atoms with E-state index < -0.39 is 0 Å². The first-order valence-corrected chi connectivity index (χ1v) is 5.74. The van der Waals surface area contributed by atoms with Crippen LogP contribution >= 0.6 is 11.3 Å². The molecule has 1 heterocycles. The summed E-state index contributed by atoms with van der Waals surface area (Å²) in [7, 11) is 0. The van der Waals surface area contributed by atoms with Crippen LogP contribution in [0.1, 0.15) is 20.9 Å². The lowest BCUT2D eigenvalue weighted by Crippen LogP contribution is -1.95. The number of benzene rings is 1. The summed E-state index contributed by atoms with van der Waals surface area (Å²) in [5, 5.41) is 0. The molecule has 0 radical (unpaired) electrons. The Balaban J connectivity index is 1.99. The van der Waals surface area contributed by atoms with Gasteiger partial charge in [-0.25, -0.2) is 4.98 Å². The van der Waals surface area contributed by atoms with Crippen molar-refractivity contribution < 1.29 is 9.53 Å². The maximum absolute atomic E-state index is 10.5. The average Bonchev–Trinajstić information content (AvgIpc) is 2.73. The Kier molecular flexibility index (Phi) is 3.31. The molecule has 0 saturated carbocycles. The van der Waals surface area contributed by atoms with Crippen LogP contribution in [0.2, 0.25) is 0 Å². The quantitative estimate of drug-likeness (QED) is 0.762.